The van der Waals surface area contributed by atoms with Gasteiger partial charge in [0.2, 0.25) is 0 Å². The van der Waals surface area contributed by atoms with E-state index in [1.165, 1.54) is 0 Å². The van der Waals surface area contributed by atoms with Crippen LogP contribution in [0.4, 0.5) is 5.82 Å². The molecule has 0 bridgehead atoms. The number of rotatable bonds is 2. The van der Waals surface area contributed by atoms with Crippen molar-refractivity contribution in [1.29, 1.82) is 5.26 Å². The fourth-order valence-corrected chi connectivity index (χ4v) is 2.18. The molecule has 5 heteroatoms. The quantitative estimate of drug-likeness (QED) is 0.830. The van der Waals surface area contributed by atoms with Crippen LogP contribution in [0.2, 0.25) is 0 Å². The van der Waals surface area contributed by atoms with Crippen molar-refractivity contribution in [1.82, 2.24) is 4.98 Å². The lowest BCUT2D eigenvalue weighted by Crippen LogP contribution is -2.37. The summed E-state index contributed by atoms with van der Waals surface area (Å²) in [4.78, 5) is 17.0. The Kier molecular flexibility index (Phi) is 2.96. The summed E-state index contributed by atoms with van der Waals surface area (Å²) in [5.41, 5.74) is 1.30. The Balaban J connectivity index is 2.44. The third kappa shape index (κ3) is 1.94. The SMILES string of the molecule is Cc1ccnc(N2CCC[C@H]2C(=O)O)c1C#N. The summed E-state index contributed by atoms with van der Waals surface area (Å²) in [5, 5.41) is 18.2. The van der Waals surface area contributed by atoms with E-state index in [-0.39, 0.29) is 0 Å². The van der Waals surface area contributed by atoms with Crippen molar-refractivity contribution in [3.63, 3.8) is 0 Å². The molecule has 0 amide bonds. The molecule has 0 aliphatic carbocycles. The molecule has 2 heterocycles. The predicted octanol–water partition coefficient (Wildman–Crippen LogP) is 1.32. The minimum absolute atomic E-state index is 0.473. The number of carboxylic acids is 1. The molecule has 0 saturated carbocycles. The van der Waals surface area contributed by atoms with Gasteiger partial charge in [-0.1, -0.05) is 0 Å². The molecule has 88 valence electrons. The second-order valence-corrected chi connectivity index (χ2v) is 4.13. The van der Waals surface area contributed by atoms with Gasteiger partial charge in [-0.15, -0.1) is 0 Å². The topological polar surface area (TPSA) is 77.2 Å². The van der Waals surface area contributed by atoms with Gasteiger partial charge in [0, 0.05) is 12.7 Å². The maximum Gasteiger partial charge on any atom is 0.326 e. The van der Waals surface area contributed by atoms with Crippen molar-refractivity contribution in [2.45, 2.75) is 25.8 Å². The standard InChI is InChI=1S/C12H13N3O2/c1-8-4-5-14-11(9(8)7-13)15-6-2-3-10(15)12(16)17/h4-5,10H,2-3,6H2,1H3,(H,16,17)/t10-/m0/s1. The summed E-state index contributed by atoms with van der Waals surface area (Å²) in [6.07, 6.45) is 3.04. The number of hydrogen-bond acceptors (Lipinski definition) is 4. The highest BCUT2D eigenvalue weighted by Crippen LogP contribution is 2.27. The average molecular weight is 231 g/mol. The van der Waals surface area contributed by atoms with Crippen LogP contribution in [0.1, 0.15) is 24.0 Å². The zero-order valence-corrected chi connectivity index (χ0v) is 9.55. The Hall–Kier alpha value is -2.09. The fourth-order valence-electron chi connectivity index (χ4n) is 2.18. The summed E-state index contributed by atoms with van der Waals surface area (Å²) in [6, 6.07) is 3.30. The van der Waals surface area contributed by atoms with E-state index in [1.807, 2.05) is 6.92 Å². The molecule has 0 spiro atoms. The number of anilines is 1. The maximum atomic E-state index is 11.1. The van der Waals surface area contributed by atoms with Gasteiger partial charge in [-0.25, -0.2) is 9.78 Å². The molecule has 1 saturated heterocycles. The minimum Gasteiger partial charge on any atom is -0.480 e. The molecule has 0 aromatic carbocycles. The van der Waals surface area contributed by atoms with E-state index in [4.69, 9.17) is 10.4 Å². The molecule has 2 rings (SSSR count). The van der Waals surface area contributed by atoms with Crippen LogP contribution >= 0.6 is 0 Å². The summed E-state index contributed by atoms with van der Waals surface area (Å²) in [6.45, 7) is 2.47. The number of pyridine rings is 1. The minimum atomic E-state index is -0.852. The Morgan fingerprint density at radius 2 is 2.47 bits per heavy atom. The highest BCUT2D eigenvalue weighted by atomic mass is 16.4. The van der Waals surface area contributed by atoms with E-state index in [9.17, 15) is 4.79 Å². The summed E-state index contributed by atoms with van der Waals surface area (Å²) < 4.78 is 0. The fraction of sp³-hybridized carbons (Fsp3) is 0.417. The van der Waals surface area contributed by atoms with Crippen molar-refractivity contribution < 1.29 is 9.90 Å². The number of aliphatic carboxylic acids is 1. The summed E-state index contributed by atoms with van der Waals surface area (Å²) >= 11 is 0. The number of hydrogen-bond donors (Lipinski definition) is 1. The third-order valence-corrected chi connectivity index (χ3v) is 3.06. The van der Waals surface area contributed by atoms with Crippen molar-refractivity contribution in [2.24, 2.45) is 0 Å². The molecule has 0 radical (unpaired) electrons. The zero-order valence-electron chi connectivity index (χ0n) is 9.55. The van der Waals surface area contributed by atoms with Crippen LogP contribution < -0.4 is 4.90 Å². The molecular weight excluding hydrogens is 218 g/mol. The lowest BCUT2D eigenvalue weighted by Gasteiger charge is -2.23. The second-order valence-electron chi connectivity index (χ2n) is 4.13. The van der Waals surface area contributed by atoms with E-state index < -0.39 is 12.0 Å². The van der Waals surface area contributed by atoms with E-state index >= 15 is 0 Å². The number of nitrogens with zero attached hydrogens (tertiary/aromatic N) is 3. The lowest BCUT2D eigenvalue weighted by molar-refractivity contribution is -0.138. The second kappa shape index (κ2) is 4.42. The Labute approximate surface area is 99.3 Å². The molecule has 0 unspecified atom stereocenters. The Morgan fingerprint density at radius 3 is 3.12 bits per heavy atom. The summed E-state index contributed by atoms with van der Waals surface area (Å²) in [7, 11) is 0. The Morgan fingerprint density at radius 1 is 1.71 bits per heavy atom. The molecule has 1 N–H and O–H groups in total. The molecular formula is C12H13N3O2. The highest BCUT2D eigenvalue weighted by Gasteiger charge is 2.32. The Bertz CT molecular complexity index is 493. The first-order valence-electron chi connectivity index (χ1n) is 5.50. The van der Waals surface area contributed by atoms with Crippen molar-refractivity contribution in [3.05, 3.63) is 23.4 Å². The van der Waals surface area contributed by atoms with Gasteiger partial charge in [0.15, 0.2) is 0 Å². The van der Waals surface area contributed by atoms with E-state index in [0.717, 1.165) is 12.0 Å². The van der Waals surface area contributed by atoms with Gasteiger partial charge >= 0.3 is 5.97 Å². The summed E-state index contributed by atoms with van der Waals surface area (Å²) in [5.74, 6) is -0.355. The molecule has 1 aromatic heterocycles. The molecule has 1 aromatic rings. The first kappa shape index (κ1) is 11.4. The van der Waals surface area contributed by atoms with Crippen LogP contribution in [0.15, 0.2) is 12.3 Å². The molecule has 1 aliphatic rings. The molecule has 1 aliphatic heterocycles. The van der Waals surface area contributed by atoms with Crippen LogP contribution in [0.5, 0.6) is 0 Å². The van der Waals surface area contributed by atoms with Gasteiger partial charge in [-0.2, -0.15) is 5.26 Å². The van der Waals surface area contributed by atoms with Crippen LogP contribution in [0.3, 0.4) is 0 Å². The first-order chi connectivity index (χ1) is 8.15. The van der Waals surface area contributed by atoms with Crippen LogP contribution in [0.25, 0.3) is 0 Å². The van der Waals surface area contributed by atoms with Gasteiger partial charge in [0.25, 0.3) is 0 Å². The first-order valence-corrected chi connectivity index (χ1v) is 5.50. The molecule has 1 fully saturated rings. The van der Waals surface area contributed by atoms with Gasteiger partial charge in [-0.05, 0) is 31.4 Å². The van der Waals surface area contributed by atoms with Gasteiger partial charge < -0.3 is 10.0 Å². The number of aromatic nitrogens is 1. The van der Waals surface area contributed by atoms with Crippen molar-refractivity contribution in [2.75, 3.05) is 11.4 Å². The number of carbonyl (C=O) groups is 1. The largest absolute Gasteiger partial charge is 0.480 e. The van der Waals surface area contributed by atoms with Crippen LogP contribution in [0, 0.1) is 18.3 Å². The molecule has 1 atom stereocenters. The molecule has 17 heavy (non-hydrogen) atoms. The highest BCUT2D eigenvalue weighted by molar-refractivity contribution is 5.79. The van der Waals surface area contributed by atoms with Crippen LogP contribution in [-0.2, 0) is 4.79 Å². The number of carboxylic acid groups (broad SMARTS) is 1. The zero-order chi connectivity index (χ0) is 12.4. The van der Waals surface area contributed by atoms with Crippen molar-refractivity contribution >= 4 is 11.8 Å². The maximum absolute atomic E-state index is 11.1. The number of aryl methyl sites for hydroxylation is 1. The smallest absolute Gasteiger partial charge is 0.326 e. The van der Waals surface area contributed by atoms with Gasteiger partial charge in [-0.3, -0.25) is 0 Å². The predicted molar refractivity (Wildman–Crippen MR) is 61.7 cm³/mol. The number of nitriles is 1. The van der Waals surface area contributed by atoms with Gasteiger partial charge in [0.1, 0.15) is 17.9 Å². The monoisotopic (exact) mass is 231 g/mol. The van der Waals surface area contributed by atoms with E-state index in [2.05, 4.69) is 11.1 Å². The van der Waals surface area contributed by atoms with Crippen LogP contribution in [-0.4, -0.2) is 28.6 Å². The van der Waals surface area contributed by atoms with Gasteiger partial charge in [0.05, 0.1) is 5.56 Å². The molecule has 5 nitrogen and oxygen atoms in total. The van der Waals surface area contributed by atoms with Crippen molar-refractivity contribution in [3.8, 4) is 6.07 Å². The normalized spacial score (nSPS) is 19.1. The van der Waals surface area contributed by atoms with E-state index in [1.54, 1.807) is 17.2 Å². The van der Waals surface area contributed by atoms with E-state index in [0.29, 0.717) is 24.3 Å². The third-order valence-electron chi connectivity index (χ3n) is 3.06. The lowest BCUT2D eigenvalue weighted by atomic mass is 10.1. The average Bonchev–Trinajstić information content (AvgIpc) is 2.77.